The first kappa shape index (κ1) is 45.7. The van der Waals surface area contributed by atoms with Crippen molar-refractivity contribution in [2.75, 3.05) is 52.9 Å². The van der Waals surface area contributed by atoms with E-state index in [2.05, 4.69) is 55.4 Å². The monoisotopic (exact) mass is 761 g/mol. The third-order valence-electron chi connectivity index (χ3n) is 14.7. The van der Waals surface area contributed by atoms with E-state index in [4.69, 9.17) is 23.7 Å². The highest BCUT2D eigenvalue weighted by atomic mass is 16.6. The van der Waals surface area contributed by atoms with E-state index in [1.165, 1.54) is 70.6 Å². The van der Waals surface area contributed by atoms with Gasteiger partial charge in [-0.3, -0.25) is 9.59 Å². The van der Waals surface area contributed by atoms with E-state index >= 15 is 0 Å². The number of carbonyl (C=O) groups is 2. The maximum absolute atomic E-state index is 12.8. The van der Waals surface area contributed by atoms with Crippen LogP contribution in [-0.2, 0) is 33.3 Å². The molecular weight excluding hydrogens is 677 g/mol. The molecule has 0 radical (unpaired) electrons. The molecule has 4 fully saturated rings. The molecule has 4 rings (SSSR count). The predicted octanol–water partition coefficient (Wildman–Crippen LogP) is 11.0. The van der Waals surface area contributed by atoms with E-state index in [1.807, 2.05) is 0 Å². The van der Waals surface area contributed by atoms with Crippen LogP contribution in [0.25, 0.3) is 0 Å². The number of fused-ring (bicyclic) bond motifs is 5. The first-order chi connectivity index (χ1) is 25.7. The minimum Gasteiger partial charge on any atom is -0.462 e. The van der Waals surface area contributed by atoms with Crippen LogP contribution in [0.15, 0.2) is 0 Å². The van der Waals surface area contributed by atoms with E-state index in [0.29, 0.717) is 94.6 Å². The Bertz CT molecular complexity index is 1100. The highest BCUT2D eigenvalue weighted by Gasteiger charge is 2.60. The average molecular weight is 761 g/mol. The number of ketones is 1. The minimum atomic E-state index is -0.119. The van der Waals surface area contributed by atoms with Gasteiger partial charge in [-0.15, -0.1) is 0 Å². The summed E-state index contributed by atoms with van der Waals surface area (Å²) in [5.41, 5.74) is 1.02. The predicted molar refractivity (Wildman–Crippen MR) is 218 cm³/mol. The number of carbonyl (C=O) groups excluding carboxylic acids is 2. The molecule has 0 heterocycles. The zero-order chi connectivity index (χ0) is 39.2. The number of hydrogen-bond acceptors (Lipinski definition) is 7. The maximum Gasteiger partial charge on any atom is 0.308 e. The number of Topliss-reactive ketones (excluding diaryl/α,β-unsaturated/α-hetero) is 1. The number of rotatable bonds is 25. The summed E-state index contributed by atoms with van der Waals surface area (Å²) in [7, 11) is 0. The Morgan fingerprint density at radius 2 is 1.26 bits per heavy atom. The maximum atomic E-state index is 12.8. The molecule has 9 atom stereocenters. The van der Waals surface area contributed by atoms with Gasteiger partial charge in [0.25, 0.3) is 0 Å². The second-order valence-corrected chi connectivity index (χ2v) is 20.4. The van der Waals surface area contributed by atoms with Crippen molar-refractivity contribution in [1.82, 2.24) is 0 Å². The first-order valence-electron chi connectivity index (χ1n) is 22.7. The van der Waals surface area contributed by atoms with Crippen molar-refractivity contribution in [2.24, 2.45) is 57.7 Å². The van der Waals surface area contributed by atoms with E-state index in [9.17, 15) is 9.59 Å². The molecule has 0 N–H and O–H groups in total. The summed E-state index contributed by atoms with van der Waals surface area (Å²) in [5.74, 6) is 6.19. The van der Waals surface area contributed by atoms with E-state index in [-0.39, 0.29) is 17.5 Å². The zero-order valence-electron chi connectivity index (χ0n) is 36.4. The molecule has 7 heteroatoms. The molecule has 7 nitrogen and oxygen atoms in total. The van der Waals surface area contributed by atoms with Crippen LogP contribution in [0.3, 0.4) is 0 Å². The molecule has 314 valence electrons. The Hall–Kier alpha value is -1.02. The fourth-order valence-electron chi connectivity index (χ4n) is 11.9. The molecule has 0 spiro atoms. The quantitative estimate of drug-likeness (QED) is 0.0677. The minimum absolute atomic E-state index is 0.0659. The molecule has 0 aromatic rings. The average Bonchev–Trinajstić information content (AvgIpc) is 3.46. The SMILES string of the molecule is CC(C)CCCC[C@H](C)[C@@H]1CC[C@@H]2[C@H]3CCC4C[C@H](OC(=O)CCOCCOCCOCCOCCCCC(=O)CC(C)(C)C)CC[C@@]4(C)[C@@H]3CC[C@]21C. The Kier molecular flexibility index (Phi) is 18.8. The van der Waals surface area contributed by atoms with Gasteiger partial charge >= 0.3 is 5.97 Å². The normalized spacial score (nSPS) is 31.5. The van der Waals surface area contributed by atoms with Gasteiger partial charge in [0.15, 0.2) is 0 Å². The van der Waals surface area contributed by atoms with E-state index < -0.39 is 0 Å². The van der Waals surface area contributed by atoms with Crippen molar-refractivity contribution in [2.45, 2.75) is 177 Å². The van der Waals surface area contributed by atoms with Gasteiger partial charge in [0.2, 0.25) is 0 Å². The summed E-state index contributed by atoms with van der Waals surface area (Å²) >= 11 is 0. The van der Waals surface area contributed by atoms with Crippen LogP contribution < -0.4 is 0 Å². The standard InChI is InChI=1S/C47H84O7/c1-35(2)13-9-10-14-36(3)41-18-19-42-40-17-16-37-33-39(20-23-46(37,7)43(40)21-24-47(41,42)8)54-44(49)22-26-51-28-30-53-32-31-52-29-27-50-25-12-11-15-38(48)34-45(4,5)6/h35-37,39-43H,9-34H2,1-8H3/t36-,37?,39+,40+,41-,42+,43+,46+,47-/m0/s1. The summed E-state index contributed by atoms with van der Waals surface area (Å²) in [6, 6.07) is 0. The van der Waals surface area contributed by atoms with Crippen LogP contribution in [0.2, 0.25) is 0 Å². The lowest BCUT2D eigenvalue weighted by molar-refractivity contribution is -0.163. The van der Waals surface area contributed by atoms with Gasteiger partial charge in [0.05, 0.1) is 52.7 Å². The third-order valence-corrected chi connectivity index (χ3v) is 14.7. The molecule has 54 heavy (non-hydrogen) atoms. The molecule has 0 aromatic carbocycles. The second kappa shape index (κ2) is 22.2. The summed E-state index contributed by atoms with van der Waals surface area (Å²) < 4.78 is 28.5. The molecule has 0 bridgehead atoms. The Balaban J connectivity index is 1.01. The second-order valence-electron chi connectivity index (χ2n) is 20.4. The first-order valence-corrected chi connectivity index (χ1v) is 22.7. The molecule has 0 aromatic heterocycles. The van der Waals surface area contributed by atoms with Crippen molar-refractivity contribution < 1.29 is 33.3 Å². The summed E-state index contributed by atoms with van der Waals surface area (Å²) in [6.07, 6.45) is 20.8. The molecule has 4 saturated carbocycles. The Labute approximate surface area is 331 Å². The van der Waals surface area contributed by atoms with Crippen LogP contribution in [0.4, 0.5) is 0 Å². The van der Waals surface area contributed by atoms with E-state index in [0.717, 1.165) is 61.2 Å². The van der Waals surface area contributed by atoms with Gasteiger partial charge in [-0.2, -0.15) is 0 Å². The summed E-state index contributed by atoms with van der Waals surface area (Å²) in [6.45, 7) is 23.0. The number of hydrogen-bond donors (Lipinski definition) is 0. The molecule has 0 aliphatic heterocycles. The van der Waals surface area contributed by atoms with Gasteiger partial charge in [-0.25, -0.2) is 0 Å². The van der Waals surface area contributed by atoms with Crippen LogP contribution in [0.5, 0.6) is 0 Å². The van der Waals surface area contributed by atoms with Crippen molar-refractivity contribution in [3.8, 4) is 0 Å². The van der Waals surface area contributed by atoms with Gasteiger partial charge in [0, 0.05) is 19.4 Å². The fraction of sp³-hybridized carbons (Fsp3) is 0.957. The van der Waals surface area contributed by atoms with Gasteiger partial charge in [-0.1, -0.05) is 81.1 Å². The largest absolute Gasteiger partial charge is 0.462 e. The van der Waals surface area contributed by atoms with Gasteiger partial charge < -0.3 is 23.7 Å². The lowest BCUT2D eigenvalue weighted by Crippen LogP contribution is -2.54. The smallest absolute Gasteiger partial charge is 0.308 e. The Morgan fingerprint density at radius 3 is 1.93 bits per heavy atom. The van der Waals surface area contributed by atoms with E-state index in [1.54, 1.807) is 0 Å². The molecule has 4 aliphatic rings. The number of unbranched alkanes of at least 4 members (excludes halogenated alkanes) is 2. The molecule has 0 amide bonds. The molecule has 0 saturated heterocycles. The van der Waals surface area contributed by atoms with Crippen LogP contribution >= 0.6 is 0 Å². The van der Waals surface area contributed by atoms with Crippen molar-refractivity contribution in [3.05, 3.63) is 0 Å². The van der Waals surface area contributed by atoms with Gasteiger partial charge in [0.1, 0.15) is 11.9 Å². The number of ether oxygens (including phenoxy) is 5. The highest BCUT2D eigenvalue weighted by molar-refractivity contribution is 5.78. The van der Waals surface area contributed by atoms with Crippen LogP contribution in [0, 0.1) is 57.7 Å². The highest BCUT2D eigenvalue weighted by Crippen LogP contribution is 2.68. The van der Waals surface area contributed by atoms with Crippen molar-refractivity contribution >= 4 is 11.8 Å². The summed E-state index contributed by atoms with van der Waals surface area (Å²) in [4.78, 5) is 24.7. The van der Waals surface area contributed by atoms with Crippen LogP contribution in [-0.4, -0.2) is 70.7 Å². The lowest BCUT2D eigenvalue weighted by atomic mass is 9.44. The van der Waals surface area contributed by atoms with Gasteiger partial charge in [-0.05, 0) is 128 Å². The van der Waals surface area contributed by atoms with Crippen molar-refractivity contribution in [1.29, 1.82) is 0 Å². The zero-order valence-corrected chi connectivity index (χ0v) is 36.4. The topological polar surface area (TPSA) is 80.3 Å². The fourth-order valence-corrected chi connectivity index (χ4v) is 11.9. The number of esters is 1. The van der Waals surface area contributed by atoms with Crippen LogP contribution in [0.1, 0.15) is 171 Å². The Morgan fingerprint density at radius 1 is 0.648 bits per heavy atom. The third kappa shape index (κ3) is 13.8. The summed E-state index contributed by atoms with van der Waals surface area (Å²) in [5, 5.41) is 0. The molecule has 1 unspecified atom stereocenters. The molecule has 4 aliphatic carbocycles. The molecular formula is C47H84O7. The van der Waals surface area contributed by atoms with Crippen molar-refractivity contribution in [3.63, 3.8) is 0 Å². The lowest BCUT2D eigenvalue weighted by Gasteiger charge is -2.61.